The fourth-order valence-electron chi connectivity index (χ4n) is 4.94. The van der Waals surface area contributed by atoms with Gasteiger partial charge in [-0.05, 0) is 50.6 Å². The van der Waals surface area contributed by atoms with Crippen molar-refractivity contribution in [1.29, 1.82) is 0 Å². The van der Waals surface area contributed by atoms with E-state index >= 15 is 0 Å². The van der Waals surface area contributed by atoms with Crippen LogP contribution in [0.3, 0.4) is 0 Å². The van der Waals surface area contributed by atoms with Crippen molar-refractivity contribution in [3.63, 3.8) is 0 Å². The number of piperidine rings is 1. The number of methoxy groups -OCH3 is 1. The number of anilines is 1. The van der Waals surface area contributed by atoms with Crippen LogP contribution in [0.5, 0.6) is 5.75 Å². The van der Waals surface area contributed by atoms with Gasteiger partial charge < -0.3 is 19.3 Å². The van der Waals surface area contributed by atoms with E-state index < -0.39 is 10.0 Å². The summed E-state index contributed by atoms with van der Waals surface area (Å²) in [6, 6.07) is 12.4. The van der Waals surface area contributed by atoms with E-state index in [4.69, 9.17) is 14.0 Å². The first-order chi connectivity index (χ1) is 18.8. The molecule has 2 aromatic carbocycles. The molecule has 1 amide bonds. The van der Waals surface area contributed by atoms with E-state index in [9.17, 15) is 13.2 Å². The van der Waals surface area contributed by atoms with Gasteiger partial charge in [0, 0.05) is 25.2 Å². The molecular formula is C27H33N5O6S. The van der Waals surface area contributed by atoms with Gasteiger partial charge >= 0.3 is 0 Å². The number of likely N-dealkylation sites (tertiary alicyclic amines) is 1. The smallest absolute Gasteiger partial charge is 0.243 e. The van der Waals surface area contributed by atoms with Gasteiger partial charge in [0.1, 0.15) is 5.75 Å². The van der Waals surface area contributed by atoms with Crippen LogP contribution in [0.1, 0.15) is 24.3 Å². The van der Waals surface area contributed by atoms with Crippen molar-refractivity contribution < 1.29 is 27.2 Å². The van der Waals surface area contributed by atoms with Crippen LogP contribution in [0.4, 0.5) is 5.69 Å². The third-order valence-corrected chi connectivity index (χ3v) is 8.91. The highest BCUT2D eigenvalue weighted by Gasteiger charge is 2.30. The van der Waals surface area contributed by atoms with Crippen LogP contribution in [0, 0.1) is 12.8 Å². The van der Waals surface area contributed by atoms with Crippen LogP contribution >= 0.6 is 0 Å². The second-order valence-electron chi connectivity index (χ2n) is 9.82. The number of carbonyl (C=O) groups is 1. The molecule has 1 aromatic heterocycles. The molecule has 0 radical (unpaired) electrons. The summed E-state index contributed by atoms with van der Waals surface area (Å²) in [6.45, 7) is 5.07. The molecule has 3 aromatic rings. The molecular weight excluding hydrogens is 522 g/mol. The number of nitrogens with zero attached hydrogens (tertiary/aromatic N) is 4. The van der Waals surface area contributed by atoms with Gasteiger partial charge in [0.15, 0.2) is 0 Å². The van der Waals surface area contributed by atoms with E-state index in [0.29, 0.717) is 62.5 Å². The maximum absolute atomic E-state index is 13.3. The number of aromatic nitrogens is 2. The number of carbonyl (C=O) groups excluding carboxylic acids is 1. The number of sulfonamides is 1. The number of hydrogen-bond donors (Lipinski definition) is 1. The Balaban J connectivity index is 1.25. The SMILES string of the molecule is COc1ccc(S(=O)(=O)N2CCOCC2)cc1NC(=O)C1CCCN(Cc2nc(-c3cccc(C)c3)no2)C1. The molecule has 0 spiro atoms. The Kier molecular flexibility index (Phi) is 8.26. The summed E-state index contributed by atoms with van der Waals surface area (Å²) in [6.07, 6.45) is 1.55. The number of rotatable bonds is 8. The lowest BCUT2D eigenvalue weighted by atomic mass is 9.97. The van der Waals surface area contributed by atoms with E-state index in [1.54, 1.807) is 6.07 Å². The van der Waals surface area contributed by atoms with E-state index in [1.807, 2.05) is 31.2 Å². The zero-order valence-corrected chi connectivity index (χ0v) is 22.9. The Morgan fingerprint density at radius 3 is 2.74 bits per heavy atom. The number of ether oxygens (including phenoxy) is 2. The second kappa shape index (κ2) is 11.8. The fourth-order valence-corrected chi connectivity index (χ4v) is 6.38. The number of nitrogens with one attached hydrogen (secondary N) is 1. The largest absolute Gasteiger partial charge is 0.495 e. The maximum atomic E-state index is 13.3. The predicted molar refractivity (Wildman–Crippen MR) is 144 cm³/mol. The molecule has 1 unspecified atom stereocenters. The zero-order chi connectivity index (χ0) is 27.4. The first-order valence-electron chi connectivity index (χ1n) is 13.0. The predicted octanol–water partition coefficient (Wildman–Crippen LogP) is 2.93. The summed E-state index contributed by atoms with van der Waals surface area (Å²) in [7, 11) is -2.23. The highest BCUT2D eigenvalue weighted by Crippen LogP contribution is 2.30. The van der Waals surface area contributed by atoms with Crippen LogP contribution in [-0.4, -0.2) is 80.2 Å². The lowest BCUT2D eigenvalue weighted by molar-refractivity contribution is -0.121. The van der Waals surface area contributed by atoms with Gasteiger partial charge in [0.25, 0.3) is 0 Å². The Morgan fingerprint density at radius 2 is 1.97 bits per heavy atom. The van der Waals surface area contributed by atoms with Crippen LogP contribution in [0.2, 0.25) is 0 Å². The standard InChI is InChI=1S/C27H33N5O6S/c1-19-5-3-6-20(15-19)26-29-25(38-30-26)18-31-10-4-7-21(17-31)27(33)28-23-16-22(8-9-24(23)36-2)39(34,35)32-11-13-37-14-12-32/h3,5-6,8-9,15-16,21H,4,7,10-14,17-18H2,1-2H3,(H,28,33). The molecule has 3 heterocycles. The average Bonchev–Trinajstić information content (AvgIpc) is 3.42. The molecule has 2 saturated heterocycles. The van der Waals surface area contributed by atoms with Crippen LogP contribution in [-0.2, 0) is 26.1 Å². The van der Waals surface area contributed by atoms with Crippen molar-refractivity contribution in [3.05, 3.63) is 53.9 Å². The fraction of sp³-hybridized carbons (Fsp3) is 0.444. The molecule has 2 aliphatic rings. The van der Waals surface area contributed by atoms with Crippen LogP contribution in [0.15, 0.2) is 51.9 Å². The van der Waals surface area contributed by atoms with E-state index in [2.05, 4.69) is 20.4 Å². The molecule has 5 rings (SSSR count). The number of benzene rings is 2. The monoisotopic (exact) mass is 555 g/mol. The lowest BCUT2D eigenvalue weighted by Crippen LogP contribution is -2.41. The zero-order valence-electron chi connectivity index (χ0n) is 22.1. The molecule has 12 heteroatoms. The Bertz CT molecular complexity index is 1420. The van der Waals surface area contributed by atoms with Gasteiger partial charge in [-0.3, -0.25) is 9.69 Å². The number of aryl methyl sites for hydroxylation is 1. The van der Waals surface area contributed by atoms with Gasteiger partial charge in [0.2, 0.25) is 27.6 Å². The molecule has 1 N–H and O–H groups in total. The summed E-state index contributed by atoms with van der Waals surface area (Å²) in [5, 5.41) is 7.03. The van der Waals surface area contributed by atoms with Gasteiger partial charge in [-0.15, -0.1) is 0 Å². The molecule has 2 aliphatic heterocycles. The average molecular weight is 556 g/mol. The summed E-state index contributed by atoms with van der Waals surface area (Å²) in [5.74, 6) is 0.952. The van der Waals surface area contributed by atoms with E-state index in [1.165, 1.54) is 23.5 Å². The summed E-state index contributed by atoms with van der Waals surface area (Å²) < 4.78 is 43.9. The first kappa shape index (κ1) is 27.3. The Morgan fingerprint density at radius 1 is 1.15 bits per heavy atom. The van der Waals surface area contributed by atoms with Crippen molar-refractivity contribution in [3.8, 4) is 17.1 Å². The molecule has 39 heavy (non-hydrogen) atoms. The lowest BCUT2D eigenvalue weighted by Gasteiger charge is -2.31. The minimum absolute atomic E-state index is 0.103. The van der Waals surface area contributed by atoms with Crippen LogP contribution in [0.25, 0.3) is 11.4 Å². The van der Waals surface area contributed by atoms with E-state index in [-0.39, 0.29) is 16.7 Å². The van der Waals surface area contributed by atoms with Crippen molar-refractivity contribution >= 4 is 21.6 Å². The molecule has 2 fully saturated rings. The highest BCUT2D eigenvalue weighted by molar-refractivity contribution is 7.89. The molecule has 1 atom stereocenters. The van der Waals surface area contributed by atoms with Gasteiger partial charge in [0.05, 0.1) is 43.4 Å². The summed E-state index contributed by atoms with van der Waals surface area (Å²) >= 11 is 0. The quantitative estimate of drug-likeness (QED) is 0.446. The highest BCUT2D eigenvalue weighted by atomic mass is 32.2. The third kappa shape index (κ3) is 6.30. The topological polar surface area (TPSA) is 127 Å². The van der Waals surface area contributed by atoms with Gasteiger partial charge in [-0.1, -0.05) is 28.9 Å². The van der Waals surface area contributed by atoms with Gasteiger partial charge in [-0.25, -0.2) is 8.42 Å². The molecule has 0 aliphatic carbocycles. The normalized spacial score (nSPS) is 19.1. The first-order valence-corrected chi connectivity index (χ1v) is 14.5. The maximum Gasteiger partial charge on any atom is 0.243 e. The van der Waals surface area contributed by atoms with Gasteiger partial charge in [-0.2, -0.15) is 9.29 Å². The van der Waals surface area contributed by atoms with Crippen molar-refractivity contribution in [2.45, 2.75) is 31.2 Å². The van der Waals surface area contributed by atoms with Crippen LogP contribution < -0.4 is 10.1 Å². The number of morpholine rings is 1. The Labute approximate surface area is 228 Å². The summed E-state index contributed by atoms with van der Waals surface area (Å²) in [5.41, 5.74) is 2.34. The minimum atomic E-state index is -3.72. The third-order valence-electron chi connectivity index (χ3n) is 7.02. The van der Waals surface area contributed by atoms with E-state index in [0.717, 1.165) is 30.5 Å². The molecule has 0 saturated carbocycles. The number of hydrogen-bond acceptors (Lipinski definition) is 9. The van der Waals surface area contributed by atoms with Crippen molar-refractivity contribution in [2.24, 2.45) is 5.92 Å². The van der Waals surface area contributed by atoms with Crippen molar-refractivity contribution in [2.75, 3.05) is 51.8 Å². The second-order valence-corrected chi connectivity index (χ2v) is 11.8. The Hall–Kier alpha value is -3.32. The molecule has 0 bridgehead atoms. The number of amides is 1. The summed E-state index contributed by atoms with van der Waals surface area (Å²) in [4.78, 5) is 20.1. The van der Waals surface area contributed by atoms with Crippen molar-refractivity contribution in [1.82, 2.24) is 19.3 Å². The molecule has 208 valence electrons. The minimum Gasteiger partial charge on any atom is -0.495 e. The molecule has 11 nitrogen and oxygen atoms in total.